The van der Waals surface area contributed by atoms with Crippen molar-refractivity contribution < 1.29 is 4.79 Å². The number of amides is 1. The van der Waals surface area contributed by atoms with Crippen molar-refractivity contribution >= 4 is 17.9 Å². The highest BCUT2D eigenvalue weighted by atomic mass is 32.2. The summed E-state index contributed by atoms with van der Waals surface area (Å²) in [6.45, 7) is 16.0. The molecule has 0 spiro atoms. The summed E-state index contributed by atoms with van der Waals surface area (Å²) in [4.78, 5) is 13.3. The number of allylic oxidation sites excluding steroid dienone is 4. The van der Waals surface area contributed by atoms with Crippen LogP contribution in [0.25, 0.3) is 0 Å². The zero-order valence-corrected chi connectivity index (χ0v) is 15.7. The third-order valence-corrected chi connectivity index (χ3v) is 5.89. The maximum Gasteiger partial charge on any atom is 0.231 e. The Bertz CT molecular complexity index is 598. The maximum atomic E-state index is 12.1. The fraction of sp³-hybridized carbons (Fsp3) is 0.526. The second-order valence-corrected chi connectivity index (χ2v) is 8.10. The lowest BCUT2D eigenvalue weighted by Gasteiger charge is -2.26. The van der Waals surface area contributed by atoms with Crippen molar-refractivity contribution in [1.82, 2.24) is 9.62 Å². The van der Waals surface area contributed by atoms with Crippen molar-refractivity contribution in [1.29, 1.82) is 0 Å². The van der Waals surface area contributed by atoms with E-state index in [1.165, 1.54) is 16.2 Å². The number of hydrogen-bond donors (Lipinski definition) is 1. The number of carbonyl (C=O) groups excluding carboxylic acids is 1. The van der Waals surface area contributed by atoms with Gasteiger partial charge in [-0.2, -0.15) is 0 Å². The first-order chi connectivity index (χ1) is 10.8. The molecule has 0 aromatic heterocycles. The van der Waals surface area contributed by atoms with Gasteiger partial charge in [-0.15, -0.1) is 6.58 Å². The Labute approximate surface area is 144 Å². The molecule has 0 aliphatic carbocycles. The highest BCUT2D eigenvalue weighted by Crippen LogP contribution is 2.45. The molecule has 1 N–H and O–H groups in total. The van der Waals surface area contributed by atoms with Crippen molar-refractivity contribution in [2.45, 2.75) is 47.5 Å². The van der Waals surface area contributed by atoms with Gasteiger partial charge in [0.15, 0.2) is 0 Å². The van der Waals surface area contributed by atoms with Crippen LogP contribution in [0.4, 0.5) is 0 Å². The summed E-state index contributed by atoms with van der Waals surface area (Å²) in [7, 11) is 0. The SMILES string of the molecule is C=CCC1C(=O)NC=C/C1=C(/C)SN1CC(C)(C)C(CC)=C1C. The fourth-order valence-corrected chi connectivity index (χ4v) is 4.88. The predicted octanol–water partition coefficient (Wildman–Crippen LogP) is 4.77. The topological polar surface area (TPSA) is 32.3 Å². The minimum absolute atomic E-state index is 0.0608. The Balaban J connectivity index is 2.27. The van der Waals surface area contributed by atoms with E-state index in [0.717, 1.165) is 18.5 Å². The molecule has 0 aromatic carbocycles. The van der Waals surface area contributed by atoms with Gasteiger partial charge in [-0.05, 0) is 55.9 Å². The van der Waals surface area contributed by atoms with Crippen molar-refractivity contribution in [3.8, 4) is 0 Å². The average Bonchev–Trinajstić information content (AvgIpc) is 2.70. The first-order valence-electron chi connectivity index (χ1n) is 8.26. The molecule has 1 atom stereocenters. The Morgan fingerprint density at radius 2 is 2.26 bits per heavy atom. The van der Waals surface area contributed by atoms with Crippen LogP contribution in [0.3, 0.4) is 0 Å². The molecular formula is C19H28N2OS. The highest BCUT2D eigenvalue weighted by Gasteiger charge is 2.35. The number of nitrogens with zero attached hydrogens (tertiary/aromatic N) is 1. The van der Waals surface area contributed by atoms with Crippen LogP contribution in [0.15, 0.2) is 46.7 Å². The van der Waals surface area contributed by atoms with E-state index in [1.54, 1.807) is 18.1 Å². The van der Waals surface area contributed by atoms with Crippen LogP contribution in [0.1, 0.15) is 47.5 Å². The summed E-state index contributed by atoms with van der Waals surface area (Å²) in [6, 6.07) is 0. The van der Waals surface area contributed by atoms with Gasteiger partial charge in [0.25, 0.3) is 0 Å². The number of hydrogen-bond acceptors (Lipinski definition) is 3. The molecule has 2 aliphatic rings. The zero-order valence-electron chi connectivity index (χ0n) is 14.9. The summed E-state index contributed by atoms with van der Waals surface area (Å²) in [5.74, 6) is -0.0684. The average molecular weight is 333 g/mol. The standard InChI is InChI=1S/C19H28N2OS/c1-7-9-16-15(10-11-20-18(16)22)14(4)23-21-12-19(5,6)17(8-2)13(21)3/h7,10-11,16H,1,8-9,12H2,2-6H3,(H,20,22)/b15-14+. The van der Waals surface area contributed by atoms with Gasteiger partial charge in [-0.25, -0.2) is 0 Å². The molecule has 1 amide bonds. The summed E-state index contributed by atoms with van der Waals surface area (Å²) in [5, 5.41) is 2.80. The molecule has 1 unspecified atom stereocenters. The molecule has 3 nitrogen and oxygen atoms in total. The van der Waals surface area contributed by atoms with Gasteiger partial charge >= 0.3 is 0 Å². The lowest BCUT2D eigenvalue weighted by Crippen LogP contribution is -2.31. The van der Waals surface area contributed by atoms with E-state index in [0.29, 0.717) is 6.42 Å². The monoisotopic (exact) mass is 332 g/mol. The molecule has 0 saturated heterocycles. The molecule has 0 bridgehead atoms. The molecule has 0 radical (unpaired) electrons. The van der Waals surface area contributed by atoms with E-state index in [2.05, 4.69) is 50.8 Å². The first kappa shape index (κ1) is 17.9. The Kier molecular flexibility index (Phi) is 5.45. The van der Waals surface area contributed by atoms with E-state index < -0.39 is 0 Å². The van der Waals surface area contributed by atoms with Gasteiger partial charge < -0.3 is 9.62 Å². The lowest BCUT2D eigenvalue weighted by molar-refractivity contribution is -0.123. The Morgan fingerprint density at radius 3 is 2.83 bits per heavy atom. The van der Waals surface area contributed by atoms with Gasteiger partial charge in [0.2, 0.25) is 5.91 Å². The Morgan fingerprint density at radius 1 is 1.57 bits per heavy atom. The normalized spacial score (nSPS) is 25.7. The van der Waals surface area contributed by atoms with Crippen LogP contribution in [-0.2, 0) is 4.79 Å². The van der Waals surface area contributed by atoms with Crippen LogP contribution >= 0.6 is 11.9 Å². The van der Waals surface area contributed by atoms with Crippen molar-refractivity contribution in [2.24, 2.45) is 11.3 Å². The third-order valence-electron chi connectivity index (χ3n) is 4.76. The molecule has 0 aromatic rings. The van der Waals surface area contributed by atoms with Crippen molar-refractivity contribution in [3.05, 3.63) is 46.7 Å². The van der Waals surface area contributed by atoms with E-state index in [-0.39, 0.29) is 17.2 Å². The number of nitrogens with one attached hydrogen (secondary N) is 1. The van der Waals surface area contributed by atoms with E-state index in [9.17, 15) is 4.79 Å². The van der Waals surface area contributed by atoms with Gasteiger partial charge in [-0.1, -0.05) is 26.8 Å². The second-order valence-electron chi connectivity index (χ2n) is 6.86. The van der Waals surface area contributed by atoms with Gasteiger partial charge in [0.05, 0.1) is 5.92 Å². The molecule has 2 rings (SSSR count). The summed E-state index contributed by atoms with van der Waals surface area (Å²) < 4.78 is 2.38. The van der Waals surface area contributed by atoms with Crippen LogP contribution in [0.2, 0.25) is 0 Å². The molecule has 23 heavy (non-hydrogen) atoms. The third kappa shape index (κ3) is 3.57. The first-order valence-corrected chi connectivity index (χ1v) is 9.03. The van der Waals surface area contributed by atoms with E-state index in [1.807, 2.05) is 12.2 Å². The van der Waals surface area contributed by atoms with Gasteiger partial charge in [0, 0.05) is 28.8 Å². The Hall–Kier alpha value is -1.42. The predicted molar refractivity (Wildman–Crippen MR) is 99.4 cm³/mol. The minimum atomic E-state index is -0.129. The number of rotatable bonds is 5. The second kappa shape index (κ2) is 7.00. The maximum absolute atomic E-state index is 12.1. The molecule has 126 valence electrons. The largest absolute Gasteiger partial charge is 0.332 e. The highest BCUT2D eigenvalue weighted by molar-refractivity contribution is 8.01. The summed E-state index contributed by atoms with van der Waals surface area (Å²) in [5.41, 5.74) is 4.22. The van der Waals surface area contributed by atoms with Gasteiger partial charge in [0.1, 0.15) is 0 Å². The van der Waals surface area contributed by atoms with Gasteiger partial charge in [-0.3, -0.25) is 4.79 Å². The molecule has 4 heteroatoms. The molecule has 2 heterocycles. The minimum Gasteiger partial charge on any atom is -0.332 e. The van der Waals surface area contributed by atoms with Crippen LogP contribution < -0.4 is 5.32 Å². The van der Waals surface area contributed by atoms with Crippen molar-refractivity contribution in [2.75, 3.05) is 6.54 Å². The summed E-state index contributed by atoms with van der Waals surface area (Å²) >= 11 is 1.76. The van der Waals surface area contributed by atoms with Crippen LogP contribution in [0.5, 0.6) is 0 Å². The molecule has 0 saturated carbocycles. The smallest absolute Gasteiger partial charge is 0.231 e. The van der Waals surface area contributed by atoms with Crippen LogP contribution in [0, 0.1) is 11.3 Å². The van der Waals surface area contributed by atoms with E-state index in [4.69, 9.17) is 0 Å². The van der Waals surface area contributed by atoms with E-state index >= 15 is 0 Å². The lowest BCUT2D eigenvalue weighted by atomic mass is 9.85. The molecule has 0 fully saturated rings. The fourth-order valence-electron chi connectivity index (χ4n) is 3.60. The quantitative estimate of drug-likeness (QED) is 0.581. The van der Waals surface area contributed by atoms with Crippen LogP contribution in [-0.4, -0.2) is 16.8 Å². The van der Waals surface area contributed by atoms with Crippen molar-refractivity contribution in [3.63, 3.8) is 0 Å². The summed E-state index contributed by atoms with van der Waals surface area (Å²) in [6.07, 6.45) is 7.35. The molecule has 2 aliphatic heterocycles. The zero-order chi connectivity index (χ0) is 17.2. The number of carbonyl (C=O) groups is 1. The molecular weight excluding hydrogens is 304 g/mol.